The number of nitrogens with one attached hydrogen (secondary N) is 1. The topological polar surface area (TPSA) is 33.1 Å². The number of aromatic nitrogens is 2. The van der Waals surface area contributed by atoms with Crippen LogP contribution in [0.3, 0.4) is 0 Å². The van der Waals surface area contributed by atoms with E-state index in [4.69, 9.17) is 0 Å². The predicted octanol–water partition coefficient (Wildman–Crippen LogP) is 1.34. The van der Waals surface area contributed by atoms with E-state index in [9.17, 15) is 0 Å². The van der Waals surface area contributed by atoms with E-state index in [1.165, 1.54) is 25.2 Å². The third-order valence-corrected chi connectivity index (χ3v) is 3.28. The summed E-state index contributed by atoms with van der Waals surface area (Å²) in [7, 11) is 0. The molecule has 4 heteroatoms. The van der Waals surface area contributed by atoms with Crippen molar-refractivity contribution in [1.82, 2.24) is 15.1 Å². The molecule has 2 heterocycles. The van der Waals surface area contributed by atoms with Crippen LogP contribution in [0.1, 0.15) is 20.3 Å². The molecule has 0 saturated carbocycles. The van der Waals surface area contributed by atoms with Crippen LogP contribution < -0.4 is 10.2 Å². The largest absolute Gasteiger partial charge is 0.369 e. The predicted molar refractivity (Wildman–Crippen MR) is 66.8 cm³/mol. The fraction of sp³-hybridized carbons (Fsp3) is 0.750. The Morgan fingerprint density at radius 3 is 3.06 bits per heavy atom. The Morgan fingerprint density at radius 1 is 1.50 bits per heavy atom. The average molecular weight is 222 g/mol. The minimum Gasteiger partial charge on any atom is -0.369 e. The van der Waals surface area contributed by atoms with Crippen molar-refractivity contribution in [3.8, 4) is 0 Å². The molecule has 1 aliphatic heterocycles. The molecule has 4 nitrogen and oxygen atoms in total. The second-order valence-corrected chi connectivity index (χ2v) is 4.46. The standard InChI is InChI=1S/C12H22N4/c1-3-13-7-11-5-6-15(9-11)12-8-14-16(4-2)10-12/h8,10-11,13H,3-7,9H2,1-2H3. The SMILES string of the molecule is CCNCC1CCN(c2cnn(CC)c2)C1. The van der Waals surface area contributed by atoms with Crippen LogP contribution in [0.2, 0.25) is 0 Å². The Kier molecular flexibility index (Phi) is 3.83. The number of anilines is 1. The highest BCUT2D eigenvalue weighted by atomic mass is 15.3. The maximum Gasteiger partial charge on any atom is 0.0752 e. The lowest BCUT2D eigenvalue weighted by molar-refractivity contribution is 0.528. The van der Waals surface area contributed by atoms with Gasteiger partial charge in [-0.25, -0.2) is 0 Å². The number of aryl methyl sites for hydroxylation is 1. The molecule has 1 N–H and O–H groups in total. The first-order valence-electron chi connectivity index (χ1n) is 6.31. The molecule has 16 heavy (non-hydrogen) atoms. The summed E-state index contributed by atoms with van der Waals surface area (Å²) in [5, 5.41) is 7.76. The monoisotopic (exact) mass is 222 g/mol. The molecule has 2 rings (SSSR count). The summed E-state index contributed by atoms with van der Waals surface area (Å²) < 4.78 is 1.99. The number of rotatable bonds is 5. The van der Waals surface area contributed by atoms with E-state index in [1.807, 2.05) is 10.9 Å². The van der Waals surface area contributed by atoms with Crippen molar-refractivity contribution in [1.29, 1.82) is 0 Å². The van der Waals surface area contributed by atoms with Gasteiger partial charge in [0.2, 0.25) is 0 Å². The summed E-state index contributed by atoms with van der Waals surface area (Å²) in [6.45, 7) is 9.80. The van der Waals surface area contributed by atoms with Crippen molar-refractivity contribution in [3.05, 3.63) is 12.4 Å². The van der Waals surface area contributed by atoms with Gasteiger partial charge >= 0.3 is 0 Å². The molecule has 1 unspecified atom stereocenters. The van der Waals surface area contributed by atoms with E-state index in [1.54, 1.807) is 0 Å². The first kappa shape index (κ1) is 11.5. The van der Waals surface area contributed by atoms with E-state index in [-0.39, 0.29) is 0 Å². The molecule has 0 radical (unpaired) electrons. The smallest absolute Gasteiger partial charge is 0.0752 e. The van der Waals surface area contributed by atoms with Crippen molar-refractivity contribution >= 4 is 5.69 Å². The normalized spacial score (nSPS) is 20.6. The zero-order chi connectivity index (χ0) is 11.4. The van der Waals surface area contributed by atoms with Gasteiger partial charge in [0.1, 0.15) is 0 Å². The number of hydrogen-bond donors (Lipinski definition) is 1. The average Bonchev–Trinajstić information content (AvgIpc) is 2.94. The first-order chi connectivity index (χ1) is 7.83. The van der Waals surface area contributed by atoms with Gasteiger partial charge in [0, 0.05) is 25.8 Å². The van der Waals surface area contributed by atoms with E-state index in [0.29, 0.717) is 0 Å². The van der Waals surface area contributed by atoms with Gasteiger partial charge in [-0.15, -0.1) is 0 Å². The lowest BCUT2D eigenvalue weighted by Crippen LogP contribution is -2.26. The van der Waals surface area contributed by atoms with Crippen LogP contribution in [-0.2, 0) is 6.54 Å². The highest BCUT2D eigenvalue weighted by molar-refractivity contribution is 5.43. The Balaban J connectivity index is 1.87. The highest BCUT2D eigenvalue weighted by Crippen LogP contribution is 2.22. The third kappa shape index (κ3) is 2.55. The Labute approximate surface area is 97.6 Å². The molecule has 1 aliphatic rings. The number of nitrogens with zero attached hydrogens (tertiary/aromatic N) is 3. The Bertz CT molecular complexity index is 321. The third-order valence-electron chi connectivity index (χ3n) is 3.28. The van der Waals surface area contributed by atoms with Crippen LogP contribution >= 0.6 is 0 Å². The van der Waals surface area contributed by atoms with Crippen molar-refractivity contribution < 1.29 is 0 Å². The summed E-state index contributed by atoms with van der Waals surface area (Å²) in [6.07, 6.45) is 5.43. The van der Waals surface area contributed by atoms with Gasteiger partial charge in [0.25, 0.3) is 0 Å². The van der Waals surface area contributed by atoms with Gasteiger partial charge in [-0.1, -0.05) is 6.92 Å². The van der Waals surface area contributed by atoms with Crippen LogP contribution in [0.15, 0.2) is 12.4 Å². The maximum absolute atomic E-state index is 4.33. The van der Waals surface area contributed by atoms with Gasteiger partial charge in [-0.3, -0.25) is 4.68 Å². The zero-order valence-electron chi connectivity index (χ0n) is 10.3. The molecule has 1 aromatic heterocycles. The highest BCUT2D eigenvalue weighted by Gasteiger charge is 2.22. The molecule has 0 amide bonds. The van der Waals surface area contributed by atoms with Crippen LogP contribution in [0.5, 0.6) is 0 Å². The summed E-state index contributed by atoms with van der Waals surface area (Å²) in [6, 6.07) is 0. The van der Waals surface area contributed by atoms with Gasteiger partial charge in [-0.05, 0) is 32.4 Å². The van der Waals surface area contributed by atoms with Crippen molar-refractivity contribution in [2.24, 2.45) is 5.92 Å². The lowest BCUT2D eigenvalue weighted by Gasteiger charge is -2.16. The van der Waals surface area contributed by atoms with Crippen molar-refractivity contribution in [2.45, 2.75) is 26.8 Å². The van der Waals surface area contributed by atoms with Crippen LogP contribution in [0.4, 0.5) is 5.69 Å². The van der Waals surface area contributed by atoms with E-state index in [2.05, 4.69) is 35.4 Å². The molecule has 1 saturated heterocycles. The molecular formula is C12H22N4. The molecule has 0 spiro atoms. The van der Waals surface area contributed by atoms with Crippen LogP contribution in [-0.4, -0.2) is 36.0 Å². The molecular weight excluding hydrogens is 200 g/mol. The Morgan fingerprint density at radius 2 is 2.38 bits per heavy atom. The molecule has 1 atom stereocenters. The molecule has 1 aromatic rings. The fourth-order valence-corrected chi connectivity index (χ4v) is 2.27. The molecule has 0 aliphatic carbocycles. The first-order valence-corrected chi connectivity index (χ1v) is 6.31. The molecule has 90 valence electrons. The number of hydrogen-bond acceptors (Lipinski definition) is 3. The molecule has 0 aromatic carbocycles. The van der Waals surface area contributed by atoms with Gasteiger partial charge in [0.15, 0.2) is 0 Å². The van der Waals surface area contributed by atoms with E-state index in [0.717, 1.165) is 25.6 Å². The summed E-state index contributed by atoms with van der Waals surface area (Å²) in [5.74, 6) is 0.796. The summed E-state index contributed by atoms with van der Waals surface area (Å²) >= 11 is 0. The summed E-state index contributed by atoms with van der Waals surface area (Å²) in [5.41, 5.74) is 1.28. The maximum atomic E-state index is 4.33. The zero-order valence-corrected chi connectivity index (χ0v) is 10.3. The molecule has 0 bridgehead atoms. The summed E-state index contributed by atoms with van der Waals surface area (Å²) in [4.78, 5) is 2.45. The van der Waals surface area contributed by atoms with Gasteiger partial charge in [0.05, 0.1) is 11.9 Å². The Hall–Kier alpha value is -1.03. The second kappa shape index (κ2) is 5.34. The van der Waals surface area contributed by atoms with E-state index >= 15 is 0 Å². The minimum atomic E-state index is 0.796. The second-order valence-electron chi connectivity index (χ2n) is 4.46. The van der Waals surface area contributed by atoms with Crippen LogP contribution in [0, 0.1) is 5.92 Å². The molecule has 1 fully saturated rings. The van der Waals surface area contributed by atoms with Crippen LogP contribution in [0.25, 0.3) is 0 Å². The van der Waals surface area contributed by atoms with E-state index < -0.39 is 0 Å². The van der Waals surface area contributed by atoms with Gasteiger partial charge < -0.3 is 10.2 Å². The van der Waals surface area contributed by atoms with Crippen molar-refractivity contribution in [2.75, 3.05) is 31.1 Å². The fourth-order valence-electron chi connectivity index (χ4n) is 2.27. The van der Waals surface area contributed by atoms with Crippen molar-refractivity contribution in [3.63, 3.8) is 0 Å². The quantitative estimate of drug-likeness (QED) is 0.816. The lowest BCUT2D eigenvalue weighted by atomic mass is 10.1. The van der Waals surface area contributed by atoms with Gasteiger partial charge in [-0.2, -0.15) is 5.10 Å². The minimum absolute atomic E-state index is 0.796.